The number of fused-ring (bicyclic) bond motifs is 1. The average molecular weight is 416 g/mol. The average Bonchev–Trinajstić information content (AvgIpc) is 2.69. The predicted octanol–water partition coefficient (Wildman–Crippen LogP) is 2.89. The van der Waals surface area contributed by atoms with Crippen LogP contribution in [0.3, 0.4) is 0 Å². The summed E-state index contributed by atoms with van der Waals surface area (Å²) in [5.41, 5.74) is 22.4. The molecule has 0 saturated carbocycles. The Labute approximate surface area is 177 Å². The molecule has 2 atom stereocenters. The lowest BCUT2D eigenvalue weighted by atomic mass is 9.84. The summed E-state index contributed by atoms with van der Waals surface area (Å²) >= 11 is 6.45. The number of hydrogen-bond donors (Lipinski definition) is 4. The first-order valence-corrected chi connectivity index (χ1v) is 10.4. The quantitative estimate of drug-likeness (QED) is 0.410. The molecule has 1 aliphatic rings. The van der Waals surface area contributed by atoms with Crippen LogP contribution in [-0.4, -0.2) is 37.0 Å². The molecular weight excluding hydrogens is 386 g/mol. The Morgan fingerprint density at radius 1 is 1.28 bits per heavy atom. The second kappa shape index (κ2) is 9.59. The molecule has 0 aliphatic carbocycles. The molecule has 0 aromatic heterocycles. The zero-order chi connectivity index (χ0) is 21.0. The third-order valence-corrected chi connectivity index (χ3v) is 5.77. The topological polar surface area (TPSA) is 110 Å². The van der Waals surface area contributed by atoms with E-state index in [1.54, 1.807) is 0 Å². The molecule has 1 aliphatic heterocycles. The van der Waals surface area contributed by atoms with Gasteiger partial charge in [-0.05, 0) is 67.4 Å². The Morgan fingerprint density at radius 2 is 2.00 bits per heavy atom. The minimum atomic E-state index is -0.523. The molecule has 2 aromatic rings. The van der Waals surface area contributed by atoms with Gasteiger partial charge in [-0.1, -0.05) is 30.2 Å². The smallest absolute Gasteiger partial charge is 0.241 e. The van der Waals surface area contributed by atoms with E-state index >= 15 is 0 Å². The molecular formula is C22H30ClN5O. The van der Waals surface area contributed by atoms with Gasteiger partial charge in [-0.15, -0.1) is 0 Å². The van der Waals surface area contributed by atoms with Crippen molar-refractivity contribution >= 4 is 28.9 Å². The SMILES string of the molecule is CN1Cc2c(Cl)cc(N)cc2C(c2ccc(NC(=O)[C@@H](N)CCCCN)cc2)C1. The maximum Gasteiger partial charge on any atom is 0.241 e. The molecule has 1 unspecified atom stereocenters. The first-order valence-electron chi connectivity index (χ1n) is 10.0. The maximum atomic E-state index is 12.3. The van der Waals surface area contributed by atoms with E-state index < -0.39 is 6.04 Å². The third kappa shape index (κ3) is 5.28. The summed E-state index contributed by atoms with van der Waals surface area (Å²) in [6.07, 6.45) is 2.36. The number of nitrogens with zero attached hydrogens (tertiary/aromatic N) is 1. The molecule has 1 amide bonds. The van der Waals surface area contributed by atoms with Crippen LogP contribution in [0.4, 0.5) is 11.4 Å². The van der Waals surface area contributed by atoms with Crippen molar-refractivity contribution in [3.63, 3.8) is 0 Å². The van der Waals surface area contributed by atoms with Gasteiger partial charge in [0.25, 0.3) is 0 Å². The number of nitrogens with two attached hydrogens (primary N) is 3. The molecule has 0 bridgehead atoms. The monoisotopic (exact) mass is 415 g/mol. The highest BCUT2D eigenvalue weighted by atomic mass is 35.5. The van der Waals surface area contributed by atoms with E-state index in [2.05, 4.69) is 17.3 Å². The summed E-state index contributed by atoms with van der Waals surface area (Å²) in [4.78, 5) is 14.5. The molecule has 6 nitrogen and oxygen atoms in total. The van der Waals surface area contributed by atoms with Gasteiger partial charge in [0.05, 0.1) is 6.04 Å². The van der Waals surface area contributed by atoms with Gasteiger partial charge in [0.1, 0.15) is 0 Å². The lowest BCUT2D eigenvalue weighted by molar-refractivity contribution is -0.117. The standard InChI is InChI=1S/C22H30ClN5O/c1-28-12-18(17-10-15(25)11-20(23)19(17)13-28)14-5-7-16(8-6-14)27-22(29)21(26)4-2-3-9-24/h5-8,10-11,18,21H,2-4,9,12-13,24-26H2,1H3,(H,27,29)/t18?,21-/m0/s1. The molecule has 3 rings (SSSR count). The summed E-state index contributed by atoms with van der Waals surface area (Å²) in [7, 11) is 2.09. The first-order chi connectivity index (χ1) is 13.9. The summed E-state index contributed by atoms with van der Waals surface area (Å²) in [5.74, 6) is 0.00472. The Hall–Kier alpha value is -2.12. The van der Waals surface area contributed by atoms with Crippen molar-refractivity contribution in [2.45, 2.75) is 37.8 Å². The Morgan fingerprint density at radius 3 is 2.69 bits per heavy atom. The highest BCUT2D eigenvalue weighted by Crippen LogP contribution is 2.38. The van der Waals surface area contributed by atoms with Crippen LogP contribution in [0.1, 0.15) is 41.9 Å². The van der Waals surface area contributed by atoms with Crippen LogP contribution >= 0.6 is 11.6 Å². The van der Waals surface area contributed by atoms with E-state index in [1.165, 1.54) is 5.56 Å². The number of unbranched alkanes of at least 4 members (excludes halogenated alkanes) is 1. The van der Waals surface area contributed by atoms with Crippen LogP contribution in [0, 0.1) is 0 Å². The predicted molar refractivity (Wildman–Crippen MR) is 120 cm³/mol. The molecule has 156 valence electrons. The van der Waals surface area contributed by atoms with Crippen molar-refractivity contribution < 1.29 is 4.79 Å². The lowest BCUT2D eigenvalue weighted by Crippen LogP contribution is -2.35. The van der Waals surface area contributed by atoms with E-state index in [-0.39, 0.29) is 11.8 Å². The number of halogens is 1. The molecule has 0 saturated heterocycles. The summed E-state index contributed by atoms with van der Waals surface area (Å²) < 4.78 is 0. The number of carbonyl (C=O) groups excluding carboxylic acids is 1. The van der Waals surface area contributed by atoms with Crippen molar-refractivity contribution in [1.29, 1.82) is 0 Å². The van der Waals surface area contributed by atoms with E-state index in [1.807, 2.05) is 36.4 Å². The Balaban J connectivity index is 1.73. The zero-order valence-corrected chi connectivity index (χ0v) is 17.6. The number of rotatable bonds is 7. The largest absolute Gasteiger partial charge is 0.399 e. The number of amides is 1. The molecule has 7 heteroatoms. The molecule has 0 fully saturated rings. The van der Waals surface area contributed by atoms with E-state index in [4.69, 9.17) is 28.8 Å². The van der Waals surface area contributed by atoms with Gasteiger partial charge in [-0.2, -0.15) is 0 Å². The van der Waals surface area contributed by atoms with E-state index in [9.17, 15) is 4.79 Å². The molecule has 2 aromatic carbocycles. The number of carbonyl (C=O) groups is 1. The van der Waals surface area contributed by atoms with E-state index in [0.29, 0.717) is 23.7 Å². The number of anilines is 2. The highest BCUT2D eigenvalue weighted by molar-refractivity contribution is 6.31. The minimum absolute atomic E-state index is 0.169. The van der Waals surface area contributed by atoms with Crippen LogP contribution in [0.2, 0.25) is 5.02 Å². The fraction of sp³-hybridized carbons (Fsp3) is 0.409. The molecule has 29 heavy (non-hydrogen) atoms. The maximum absolute atomic E-state index is 12.3. The van der Waals surface area contributed by atoms with Crippen molar-refractivity contribution in [3.8, 4) is 0 Å². The fourth-order valence-electron chi connectivity index (χ4n) is 3.86. The van der Waals surface area contributed by atoms with Crippen molar-refractivity contribution in [2.75, 3.05) is 31.2 Å². The summed E-state index contributed by atoms with van der Waals surface area (Å²) in [5, 5.41) is 3.61. The summed E-state index contributed by atoms with van der Waals surface area (Å²) in [6.45, 7) is 2.30. The van der Waals surface area contributed by atoms with Crippen molar-refractivity contribution in [3.05, 3.63) is 58.1 Å². The van der Waals surface area contributed by atoms with Crippen molar-refractivity contribution in [2.24, 2.45) is 11.5 Å². The fourth-order valence-corrected chi connectivity index (χ4v) is 4.16. The summed E-state index contributed by atoms with van der Waals surface area (Å²) in [6, 6.07) is 11.2. The van der Waals surface area contributed by atoms with Gasteiger partial charge in [0.15, 0.2) is 0 Å². The van der Waals surface area contributed by atoms with Crippen LogP contribution in [0.5, 0.6) is 0 Å². The number of benzene rings is 2. The number of nitrogen functional groups attached to an aromatic ring is 1. The van der Waals surface area contributed by atoms with Gasteiger partial charge in [0, 0.05) is 35.4 Å². The molecule has 1 heterocycles. The van der Waals surface area contributed by atoms with Crippen LogP contribution in [0.25, 0.3) is 0 Å². The van der Waals surface area contributed by atoms with Gasteiger partial charge in [0.2, 0.25) is 5.91 Å². The first kappa shape index (κ1) is 21.6. The Kier molecular flexibility index (Phi) is 7.14. The minimum Gasteiger partial charge on any atom is -0.399 e. The van der Waals surface area contributed by atoms with Gasteiger partial charge >= 0.3 is 0 Å². The highest BCUT2D eigenvalue weighted by Gasteiger charge is 2.27. The molecule has 7 N–H and O–H groups in total. The lowest BCUT2D eigenvalue weighted by Gasteiger charge is -2.33. The number of hydrogen-bond acceptors (Lipinski definition) is 5. The third-order valence-electron chi connectivity index (χ3n) is 5.44. The number of nitrogens with one attached hydrogen (secondary N) is 1. The number of likely N-dealkylation sites (N-methyl/N-ethyl adjacent to an activating group) is 1. The second-order valence-corrected chi connectivity index (χ2v) is 8.23. The van der Waals surface area contributed by atoms with Crippen molar-refractivity contribution in [1.82, 2.24) is 4.90 Å². The molecule has 0 spiro atoms. The second-order valence-electron chi connectivity index (χ2n) is 7.82. The zero-order valence-electron chi connectivity index (χ0n) is 16.8. The van der Waals surface area contributed by atoms with Crippen LogP contribution in [0.15, 0.2) is 36.4 Å². The van der Waals surface area contributed by atoms with Crippen LogP contribution in [-0.2, 0) is 11.3 Å². The van der Waals surface area contributed by atoms with E-state index in [0.717, 1.165) is 42.7 Å². The van der Waals surface area contributed by atoms with Crippen LogP contribution < -0.4 is 22.5 Å². The molecule has 0 radical (unpaired) electrons. The van der Waals surface area contributed by atoms with Gasteiger partial charge in [-0.25, -0.2) is 0 Å². The Bertz CT molecular complexity index is 855. The normalized spacial score (nSPS) is 17.6. The van der Waals surface area contributed by atoms with Gasteiger partial charge in [-0.3, -0.25) is 4.79 Å². The van der Waals surface area contributed by atoms with Gasteiger partial charge < -0.3 is 27.4 Å².